The van der Waals surface area contributed by atoms with E-state index in [2.05, 4.69) is 92.0 Å². The minimum atomic E-state index is 0. The molecule has 3 nitrogen and oxygen atoms in total. The summed E-state index contributed by atoms with van der Waals surface area (Å²) in [7, 11) is 0. The van der Waals surface area contributed by atoms with Crippen molar-refractivity contribution in [2.45, 2.75) is 58.9 Å². The number of fused-ring (bicyclic) bond motifs is 1. The predicted octanol–water partition coefficient (Wildman–Crippen LogP) is 4.55. The maximum absolute atomic E-state index is 13.1. The molecule has 1 aliphatic carbocycles. The topological polar surface area (TPSA) is 29.1 Å². The highest BCUT2D eigenvalue weighted by Gasteiger charge is 2.27. The molecule has 0 atom stereocenters. The molecule has 1 heterocycles. The number of nitrogens with one attached hydrogen (secondary N) is 1. The molecule has 1 N–H and O–H groups in total. The van der Waals surface area contributed by atoms with Gasteiger partial charge in [0.25, 0.3) is 5.91 Å². The third kappa shape index (κ3) is 6.52. The summed E-state index contributed by atoms with van der Waals surface area (Å²) in [5, 5.41) is 3.15. The third-order valence-corrected chi connectivity index (χ3v) is 8.23. The van der Waals surface area contributed by atoms with Crippen LogP contribution < -0.4 is 17.7 Å². The van der Waals surface area contributed by atoms with Gasteiger partial charge in [-0.15, -0.1) is 0 Å². The standard InChI is InChI=1S/C33H38N2O.ClH/c1-3-35(20-6-4-5-7-21-35)24-26-10-18-32(19-11-26)34-33(36)30-17-15-28-14-16-29(22-31(28)23-30)27-12-8-25(2)9-13-27;/h8-14,16,18-19,22-23H,3-7,15,17,20-21,24H2,1-2H3;1H. The monoisotopic (exact) mass is 514 g/mol. The fraction of sp³-hybridized carbons (Fsp3) is 0.364. The maximum Gasteiger partial charge on any atom is 0.251 e. The molecule has 1 aliphatic heterocycles. The van der Waals surface area contributed by atoms with E-state index in [0.717, 1.165) is 36.2 Å². The average molecular weight is 515 g/mol. The van der Waals surface area contributed by atoms with Crippen LogP contribution in [-0.4, -0.2) is 30.0 Å². The van der Waals surface area contributed by atoms with Crippen molar-refractivity contribution in [3.8, 4) is 11.1 Å². The van der Waals surface area contributed by atoms with Crippen molar-refractivity contribution < 1.29 is 21.7 Å². The number of hydrogen-bond donors (Lipinski definition) is 1. The Balaban J connectivity index is 0.00000320. The first kappa shape index (κ1) is 27.2. The zero-order valence-corrected chi connectivity index (χ0v) is 23.0. The Morgan fingerprint density at radius 3 is 2.19 bits per heavy atom. The van der Waals surface area contributed by atoms with Crippen molar-refractivity contribution in [1.82, 2.24) is 0 Å². The summed E-state index contributed by atoms with van der Waals surface area (Å²) < 4.78 is 1.20. The molecule has 1 fully saturated rings. The van der Waals surface area contributed by atoms with Gasteiger partial charge in [0.2, 0.25) is 0 Å². The molecule has 1 saturated heterocycles. The molecule has 1 amide bonds. The largest absolute Gasteiger partial charge is 1.00 e. The van der Waals surface area contributed by atoms with Crippen LogP contribution in [0.4, 0.5) is 5.69 Å². The van der Waals surface area contributed by atoms with E-state index in [9.17, 15) is 4.79 Å². The van der Waals surface area contributed by atoms with Gasteiger partial charge in [-0.2, -0.15) is 0 Å². The minimum absolute atomic E-state index is 0. The van der Waals surface area contributed by atoms with E-state index < -0.39 is 0 Å². The highest BCUT2D eigenvalue weighted by molar-refractivity contribution is 6.07. The molecule has 0 aromatic heterocycles. The van der Waals surface area contributed by atoms with Gasteiger partial charge in [-0.1, -0.05) is 54.1 Å². The van der Waals surface area contributed by atoms with Gasteiger partial charge < -0.3 is 22.2 Å². The number of likely N-dealkylation sites (tertiary alicyclic amines) is 1. The van der Waals surface area contributed by atoms with Crippen molar-refractivity contribution in [2.24, 2.45) is 0 Å². The quantitative estimate of drug-likeness (QED) is 0.481. The number of carbonyl (C=O) groups excluding carboxylic acids is 1. The first-order chi connectivity index (χ1) is 17.5. The first-order valence-corrected chi connectivity index (χ1v) is 13.7. The number of halogens is 1. The molecule has 194 valence electrons. The molecule has 3 aromatic rings. The number of amides is 1. The van der Waals surface area contributed by atoms with E-state index in [1.54, 1.807) is 0 Å². The summed E-state index contributed by atoms with van der Waals surface area (Å²) in [4.78, 5) is 13.1. The van der Waals surface area contributed by atoms with E-state index in [4.69, 9.17) is 0 Å². The number of aryl methyl sites for hydroxylation is 2. The fourth-order valence-electron chi connectivity index (χ4n) is 5.83. The van der Waals surface area contributed by atoms with Crippen LogP contribution in [0, 0.1) is 6.92 Å². The van der Waals surface area contributed by atoms with Crippen LogP contribution in [-0.2, 0) is 17.8 Å². The molecule has 0 bridgehead atoms. The highest BCUT2D eigenvalue weighted by Crippen LogP contribution is 2.30. The van der Waals surface area contributed by atoms with Crippen LogP contribution in [0.5, 0.6) is 0 Å². The summed E-state index contributed by atoms with van der Waals surface area (Å²) >= 11 is 0. The van der Waals surface area contributed by atoms with Gasteiger partial charge in [0.15, 0.2) is 0 Å². The number of hydrogen-bond acceptors (Lipinski definition) is 1. The smallest absolute Gasteiger partial charge is 0.251 e. The van der Waals surface area contributed by atoms with Crippen LogP contribution in [0.1, 0.15) is 61.3 Å². The number of nitrogens with zero attached hydrogens (tertiary/aromatic N) is 1. The fourth-order valence-corrected chi connectivity index (χ4v) is 5.83. The summed E-state index contributed by atoms with van der Waals surface area (Å²) in [6.45, 7) is 9.30. The summed E-state index contributed by atoms with van der Waals surface area (Å²) in [5.74, 6) is 0.0127. The van der Waals surface area contributed by atoms with Gasteiger partial charge in [-0.05, 0) is 98.9 Å². The molecule has 0 unspecified atom stereocenters. The normalized spacial score (nSPS) is 16.5. The van der Waals surface area contributed by atoms with E-state index >= 15 is 0 Å². The zero-order chi connectivity index (χ0) is 25.0. The molecule has 0 saturated carbocycles. The SMILES string of the molecule is CC[N+]1(Cc2ccc(NC(=O)C3=Cc4cc(-c5ccc(C)cc5)ccc4CC3)cc2)CCCCCC1.[Cl-]. The van der Waals surface area contributed by atoms with Gasteiger partial charge in [0.05, 0.1) is 19.6 Å². The molecular formula is C33H39ClN2O. The zero-order valence-electron chi connectivity index (χ0n) is 22.2. The lowest BCUT2D eigenvalue weighted by Crippen LogP contribution is -3.00. The minimum Gasteiger partial charge on any atom is -1.00 e. The van der Waals surface area contributed by atoms with E-state index in [1.807, 2.05) is 0 Å². The lowest BCUT2D eigenvalue weighted by molar-refractivity contribution is -0.938. The van der Waals surface area contributed by atoms with Crippen LogP contribution in [0.3, 0.4) is 0 Å². The van der Waals surface area contributed by atoms with E-state index in [0.29, 0.717) is 0 Å². The molecule has 0 radical (unpaired) electrons. The van der Waals surface area contributed by atoms with Crippen LogP contribution in [0.15, 0.2) is 72.3 Å². The van der Waals surface area contributed by atoms with E-state index in [-0.39, 0.29) is 18.3 Å². The Kier molecular flexibility index (Phi) is 8.89. The Morgan fingerprint density at radius 2 is 1.51 bits per heavy atom. The van der Waals surface area contributed by atoms with Gasteiger partial charge in [-0.25, -0.2) is 0 Å². The molecule has 2 aliphatic rings. The van der Waals surface area contributed by atoms with Gasteiger partial charge in [-0.3, -0.25) is 4.79 Å². The Morgan fingerprint density at radius 1 is 0.838 bits per heavy atom. The van der Waals surface area contributed by atoms with Gasteiger partial charge in [0, 0.05) is 16.8 Å². The van der Waals surface area contributed by atoms with Gasteiger partial charge >= 0.3 is 0 Å². The average Bonchev–Trinajstić information content (AvgIpc) is 3.15. The predicted molar refractivity (Wildman–Crippen MR) is 151 cm³/mol. The van der Waals surface area contributed by atoms with Crippen molar-refractivity contribution in [3.63, 3.8) is 0 Å². The number of anilines is 1. The molecule has 4 heteroatoms. The number of rotatable bonds is 6. The third-order valence-electron chi connectivity index (χ3n) is 8.23. The number of carbonyl (C=O) groups is 1. The molecular weight excluding hydrogens is 476 g/mol. The number of benzene rings is 3. The van der Waals surface area contributed by atoms with Crippen LogP contribution >= 0.6 is 0 Å². The van der Waals surface area contributed by atoms with Crippen LogP contribution in [0.25, 0.3) is 17.2 Å². The maximum atomic E-state index is 13.1. The van der Waals surface area contributed by atoms with Gasteiger partial charge in [0.1, 0.15) is 6.54 Å². The number of quaternary nitrogens is 1. The Bertz CT molecular complexity index is 1240. The van der Waals surface area contributed by atoms with Crippen molar-refractivity contribution in [3.05, 3.63) is 94.6 Å². The molecule has 37 heavy (non-hydrogen) atoms. The molecule has 3 aromatic carbocycles. The van der Waals surface area contributed by atoms with Crippen molar-refractivity contribution in [2.75, 3.05) is 25.0 Å². The lowest BCUT2D eigenvalue weighted by Gasteiger charge is -2.37. The van der Waals surface area contributed by atoms with E-state index in [1.165, 1.54) is 77.6 Å². The second-order valence-corrected chi connectivity index (χ2v) is 10.8. The Hall–Kier alpha value is -2.88. The first-order valence-electron chi connectivity index (χ1n) is 13.7. The highest BCUT2D eigenvalue weighted by atomic mass is 35.5. The lowest BCUT2D eigenvalue weighted by atomic mass is 9.89. The summed E-state index contributed by atoms with van der Waals surface area (Å²) in [6, 6.07) is 23.8. The van der Waals surface area contributed by atoms with Crippen molar-refractivity contribution >= 4 is 17.7 Å². The molecule has 5 rings (SSSR count). The summed E-state index contributed by atoms with van der Waals surface area (Å²) in [6.07, 6.45) is 9.18. The van der Waals surface area contributed by atoms with Crippen molar-refractivity contribution in [1.29, 1.82) is 0 Å². The second kappa shape index (κ2) is 12.1. The second-order valence-electron chi connectivity index (χ2n) is 10.8. The summed E-state index contributed by atoms with van der Waals surface area (Å²) in [5.41, 5.74) is 9.23. The molecule has 0 spiro atoms. The Labute approximate surface area is 228 Å². The van der Waals surface area contributed by atoms with Crippen LogP contribution in [0.2, 0.25) is 0 Å².